The SMILES string of the molecule is Cn1ccnc1Sc1ccc(F)cc1NC(=O)CCc1ccc(F)c(F)c1. The number of nitrogens with one attached hydrogen (secondary N) is 1. The topological polar surface area (TPSA) is 46.9 Å². The van der Waals surface area contributed by atoms with Gasteiger partial charge in [0, 0.05) is 30.8 Å². The van der Waals surface area contributed by atoms with Crippen LogP contribution in [-0.2, 0) is 18.3 Å². The highest BCUT2D eigenvalue weighted by Gasteiger charge is 2.12. The van der Waals surface area contributed by atoms with E-state index in [4.69, 9.17) is 0 Å². The molecule has 2 aromatic carbocycles. The number of benzene rings is 2. The second kappa shape index (κ2) is 8.30. The summed E-state index contributed by atoms with van der Waals surface area (Å²) in [6.45, 7) is 0. The van der Waals surface area contributed by atoms with Crippen LogP contribution in [0.25, 0.3) is 0 Å². The number of hydrogen-bond donors (Lipinski definition) is 1. The molecule has 1 heterocycles. The smallest absolute Gasteiger partial charge is 0.224 e. The molecule has 8 heteroatoms. The maximum Gasteiger partial charge on any atom is 0.224 e. The summed E-state index contributed by atoms with van der Waals surface area (Å²) in [6.07, 6.45) is 3.71. The standard InChI is InChI=1S/C19H16F3N3OS/c1-25-9-8-23-19(25)27-17-6-4-13(20)11-16(17)24-18(26)7-3-12-2-5-14(21)15(22)10-12/h2,4-6,8-11H,3,7H2,1H3,(H,24,26). The molecule has 1 amide bonds. The lowest BCUT2D eigenvalue weighted by atomic mass is 10.1. The number of carbonyl (C=O) groups is 1. The zero-order valence-corrected chi connectivity index (χ0v) is 15.2. The van der Waals surface area contributed by atoms with Crippen LogP contribution in [0.2, 0.25) is 0 Å². The summed E-state index contributed by atoms with van der Waals surface area (Å²) >= 11 is 1.30. The molecule has 0 fully saturated rings. The molecule has 27 heavy (non-hydrogen) atoms. The average Bonchev–Trinajstić information content (AvgIpc) is 3.03. The highest BCUT2D eigenvalue weighted by molar-refractivity contribution is 7.99. The first-order valence-corrected chi connectivity index (χ1v) is 8.92. The maximum atomic E-state index is 13.6. The minimum atomic E-state index is -0.952. The monoisotopic (exact) mass is 391 g/mol. The van der Waals surface area contributed by atoms with Crippen LogP contribution in [0.3, 0.4) is 0 Å². The normalized spacial score (nSPS) is 10.8. The molecular weight excluding hydrogens is 375 g/mol. The van der Waals surface area contributed by atoms with Crippen molar-refractivity contribution in [2.24, 2.45) is 7.05 Å². The Balaban J connectivity index is 1.68. The van der Waals surface area contributed by atoms with Crippen LogP contribution in [-0.4, -0.2) is 15.5 Å². The van der Waals surface area contributed by atoms with Crippen molar-refractivity contribution in [1.29, 1.82) is 0 Å². The molecule has 0 atom stereocenters. The summed E-state index contributed by atoms with van der Waals surface area (Å²) < 4.78 is 41.6. The molecule has 0 bridgehead atoms. The fourth-order valence-corrected chi connectivity index (χ4v) is 3.27. The van der Waals surface area contributed by atoms with Gasteiger partial charge in [-0.3, -0.25) is 4.79 Å². The van der Waals surface area contributed by atoms with Crippen molar-refractivity contribution >= 4 is 23.4 Å². The average molecular weight is 391 g/mol. The highest BCUT2D eigenvalue weighted by Crippen LogP contribution is 2.33. The van der Waals surface area contributed by atoms with Gasteiger partial charge < -0.3 is 9.88 Å². The van der Waals surface area contributed by atoms with Crippen molar-refractivity contribution in [2.75, 3.05) is 5.32 Å². The first kappa shape index (κ1) is 19.0. The van der Waals surface area contributed by atoms with Crippen LogP contribution in [0.1, 0.15) is 12.0 Å². The number of anilines is 1. The van der Waals surface area contributed by atoms with Crippen LogP contribution >= 0.6 is 11.8 Å². The summed E-state index contributed by atoms with van der Waals surface area (Å²) in [7, 11) is 1.83. The van der Waals surface area contributed by atoms with Crippen molar-refractivity contribution in [3.05, 3.63) is 71.8 Å². The Kier molecular flexibility index (Phi) is 5.85. The third-order valence-corrected chi connectivity index (χ3v) is 4.97. The summed E-state index contributed by atoms with van der Waals surface area (Å²) in [5, 5.41) is 3.37. The van der Waals surface area contributed by atoms with E-state index in [0.717, 1.165) is 12.1 Å². The zero-order valence-electron chi connectivity index (χ0n) is 14.4. The second-order valence-electron chi connectivity index (χ2n) is 5.86. The number of halogens is 3. The fraction of sp³-hybridized carbons (Fsp3) is 0.158. The van der Waals surface area contributed by atoms with Crippen LogP contribution < -0.4 is 5.32 Å². The van der Waals surface area contributed by atoms with Gasteiger partial charge in [-0.25, -0.2) is 18.2 Å². The van der Waals surface area contributed by atoms with E-state index in [1.54, 1.807) is 18.5 Å². The predicted octanol–water partition coefficient (Wildman–Crippen LogP) is 4.56. The fourth-order valence-electron chi connectivity index (χ4n) is 2.40. The Bertz CT molecular complexity index is 975. The van der Waals surface area contributed by atoms with E-state index < -0.39 is 17.5 Å². The number of rotatable bonds is 6. The number of aryl methyl sites for hydroxylation is 2. The molecular formula is C19H16F3N3OS. The summed E-state index contributed by atoms with van der Waals surface area (Å²) in [5.41, 5.74) is 0.837. The Morgan fingerprint density at radius 1 is 1.15 bits per heavy atom. The molecule has 0 saturated heterocycles. The lowest BCUT2D eigenvalue weighted by Gasteiger charge is -2.11. The number of imidazole rings is 1. The molecule has 1 aromatic heterocycles. The van der Waals surface area contributed by atoms with Gasteiger partial charge in [0.25, 0.3) is 0 Å². The van der Waals surface area contributed by atoms with Gasteiger partial charge in [-0.1, -0.05) is 6.07 Å². The van der Waals surface area contributed by atoms with E-state index in [1.165, 1.54) is 30.0 Å². The first-order chi connectivity index (χ1) is 12.9. The molecule has 0 radical (unpaired) electrons. The van der Waals surface area contributed by atoms with Gasteiger partial charge in [0.15, 0.2) is 16.8 Å². The van der Waals surface area contributed by atoms with Gasteiger partial charge in [-0.05, 0) is 54.1 Å². The van der Waals surface area contributed by atoms with Crippen molar-refractivity contribution < 1.29 is 18.0 Å². The molecule has 4 nitrogen and oxygen atoms in total. The summed E-state index contributed by atoms with van der Waals surface area (Å²) in [5.74, 6) is -2.71. The number of aromatic nitrogens is 2. The minimum Gasteiger partial charge on any atom is -0.329 e. The summed E-state index contributed by atoms with van der Waals surface area (Å²) in [6, 6.07) is 7.63. The van der Waals surface area contributed by atoms with E-state index in [1.807, 2.05) is 11.6 Å². The van der Waals surface area contributed by atoms with Crippen LogP contribution in [0, 0.1) is 17.5 Å². The third-order valence-electron chi connectivity index (χ3n) is 3.82. The van der Waals surface area contributed by atoms with Gasteiger partial charge in [-0.2, -0.15) is 0 Å². The van der Waals surface area contributed by atoms with Crippen LogP contribution in [0.5, 0.6) is 0 Å². The zero-order chi connectivity index (χ0) is 19.4. The van der Waals surface area contributed by atoms with E-state index in [-0.39, 0.29) is 18.7 Å². The quantitative estimate of drug-likeness (QED) is 0.670. The van der Waals surface area contributed by atoms with Crippen molar-refractivity contribution in [2.45, 2.75) is 22.9 Å². The Morgan fingerprint density at radius 2 is 1.96 bits per heavy atom. The predicted molar refractivity (Wildman–Crippen MR) is 97.0 cm³/mol. The number of amides is 1. The summed E-state index contributed by atoms with van der Waals surface area (Å²) in [4.78, 5) is 17.1. The van der Waals surface area contributed by atoms with Gasteiger partial charge in [0.05, 0.1) is 5.69 Å². The molecule has 0 aliphatic heterocycles. The van der Waals surface area contributed by atoms with Gasteiger partial charge in [0.2, 0.25) is 5.91 Å². The van der Waals surface area contributed by atoms with Crippen molar-refractivity contribution in [3.63, 3.8) is 0 Å². The van der Waals surface area contributed by atoms with Gasteiger partial charge in [-0.15, -0.1) is 0 Å². The Labute approximate surface area is 158 Å². The molecule has 140 valence electrons. The van der Waals surface area contributed by atoms with Gasteiger partial charge >= 0.3 is 0 Å². The first-order valence-electron chi connectivity index (χ1n) is 8.11. The largest absolute Gasteiger partial charge is 0.329 e. The van der Waals surface area contributed by atoms with Gasteiger partial charge in [0.1, 0.15) is 5.82 Å². The highest BCUT2D eigenvalue weighted by atomic mass is 32.2. The maximum absolute atomic E-state index is 13.6. The third kappa shape index (κ3) is 4.91. The van der Waals surface area contributed by atoms with E-state index in [9.17, 15) is 18.0 Å². The van der Waals surface area contributed by atoms with Crippen LogP contribution in [0.4, 0.5) is 18.9 Å². The van der Waals surface area contributed by atoms with Crippen molar-refractivity contribution in [1.82, 2.24) is 9.55 Å². The minimum absolute atomic E-state index is 0.0497. The number of hydrogen-bond acceptors (Lipinski definition) is 3. The second-order valence-corrected chi connectivity index (χ2v) is 6.87. The van der Waals surface area contributed by atoms with Crippen molar-refractivity contribution in [3.8, 4) is 0 Å². The molecule has 0 aliphatic carbocycles. The lowest BCUT2D eigenvalue weighted by molar-refractivity contribution is -0.116. The number of nitrogens with zero attached hydrogens (tertiary/aromatic N) is 2. The molecule has 1 N–H and O–H groups in total. The molecule has 0 spiro atoms. The lowest BCUT2D eigenvalue weighted by Crippen LogP contribution is -2.13. The number of carbonyl (C=O) groups excluding carboxylic acids is 1. The molecule has 3 rings (SSSR count). The molecule has 0 unspecified atom stereocenters. The Hall–Kier alpha value is -2.74. The van der Waals surface area contributed by atoms with Crippen LogP contribution in [0.15, 0.2) is 58.8 Å². The molecule has 3 aromatic rings. The van der Waals surface area contributed by atoms with E-state index in [2.05, 4.69) is 10.3 Å². The Morgan fingerprint density at radius 3 is 2.67 bits per heavy atom. The van der Waals surface area contributed by atoms with E-state index >= 15 is 0 Å². The van der Waals surface area contributed by atoms with E-state index in [0.29, 0.717) is 21.3 Å². The molecule has 0 aliphatic rings. The molecule has 0 saturated carbocycles.